The van der Waals surface area contributed by atoms with Crippen LogP contribution in [0.1, 0.15) is 22.8 Å². The van der Waals surface area contributed by atoms with Crippen LogP contribution in [0.2, 0.25) is 5.02 Å². The number of nitrogens with one attached hydrogen (secondary N) is 2. The van der Waals surface area contributed by atoms with Gasteiger partial charge in [-0.25, -0.2) is 4.39 Å². The summed E-state index contributed by atoms with van der Waals surface area (Å²) >= 11 is 7.08. The molecule has 0 bridgehead atoms. The van der Waals surface area contributed by atoms with E-state index in [0.717, 1.165) is 30.0 Å². The van der Waals surface area contributed by atoms with Crippen LogP contribution in [0.15, 0.2) is 71.6 Å². The first-order valence-corrected chi connectivity index (χ1v) is 10.8. The van der Waals surface area contributed by atoms with Gasteiger partial charge in [0.05, 0.1) is 21.5 Å². The van der Waals surface area contributed by atoms with E-state index in [1.807, 2.05) is 0 Å². The smallest absolute Gasteiger partial charge is 0.324 e. The van der Waals surface area contributed by atoms with Crippen molar-refractivity contribution >= 4 is 46.6 Å². The number of benzene rings is 3. The second kappa shape index (κ2) is 10.3. The molecular formula is C23H17ClF4N2O2S. The minimum atomic E-state index is -4.57. The molecule has 0 radical (unpaired) electrons. The average molecular weight is 497 g/mol. The fraction of sp³-hybridized carbons (Fsp3) is 0.130. The maximum atomic E-state index is 13.0. The summed E-state index contributed by atoms with van der Waals surface area (Å²) in [5, 5.41) is 4.42. The van der Waals surface area contributed by atoms with Crippen LogP contribution in [0.25, 0.3) is 0 Å². The highest BCUT2D eigenvalue weighted by Gasteiger charge is 2.31. The normalized spacial score (nSPS) is 12.2. The molecule has 0 fully saturated rings. The van der Waals surface area contributed by atoms with Crippen molar-refractivity contribution in [2.45, 2.75) is 23.2 Å². The van der Waals surface area contributed by atoms with Crippen molar-refractivity contribution in [3.05, 3.63) is 88.7 Å². The molecule has 0 heterocycles. The molecule has 10 heteroatoms. The summed E-state index contributed by atoms with van der Waals surface area (Å²) in [7, 11) is 0. The Bertz CT molecular complexity index is 1170. The third kappa shape index (κ3) is 6.72. The first-order chi connectivity index (χ1) is 15.5. The molecule has 1 unspecified atom stereocenters. The molecular weight excluding hydrogens is 480 g/mol. The number of hydrogen-bond acceptors (Lipinski definition) is 3. The van der Waals surface area contributed by atoms with Crippen LogP contribution in [-0.4, -0.2) is 17.1 Å². The minimum Gasteiger partial charge on any atom is -0.324 e. The number of carbonyl (C=O) groups is 2. The summed E-state index contributed by atoms with van der Waals surface area (Å²) in [5.74, 6) is -1.42. The Hall–Kier alpha value is -3.04. The van der Waals surface area contributed by atoms with Crippen LogP contribution in [0.5, 0.6) is 0 Å². The summed E-state index contributed by atoms with van der Waals surface area (Å²) in [6.07, 6.45) is -4.57. The van der Waals surface area contributed by atoms with Crippen LogP contribution in [0.3, 0.4) is 0 Å². The Balaban J connectivity index is 1.66. The summed E-state index contributed by atoms with van der Waals surface area (Å²) in [4.78, 5) is 25.5. The van der Waals surface area contributed by atoms with Crippen molar-refractivity contribution < 1.29 is 27.2 Å². The fourth-order valence-corrected chi connectivity index (χ4v) is 3.83. The highest BCUT2D eigenvalue weighted by molar-refractivity contribution is 8.00. The number of thioether (sulfide) groups is 1. The van der Waals surface area contributed by atoms with Gasteiger partial charge < -0.3 is 10.6 Å². The average Bonchev–Trinajstić information content (AvgIpc) is 2.75. The molecule has 4 nitrogen and oxygen atoms in total. The summed E-state index contributed by atoms with van der Waals surface area (Å²) in [6, 6.07) is 14.5. The van der Waals surface area contributed by atoms with Crippen LogP contribution in [-0.2, 0) is 11.0 Å². The Morgan fingerprint density at radius 2 is 1.67 bits per heavy atom. The predicted octanol–water partition coefficient (Wildman–Crippen LogP) is 6.87. The molecule has 0 spiro atoms. The lowest BCUT2D eigenvalue weighted by Gasteiger charge is -2.15. The van der Waals surface area contributed by atoms with E-state index in [9.17, 15) is 27.2 Å². The van der Waals surface area contributed by atoms with Gasteiger partial charge in [-0.05, 0) is 67.6 Å². The van der Waals surface area contributed by atoms with E-state index in [-0.39, 0.29) is 16.3 Å². The van der Waals surface area contributed by atoms with Gasteiger partial charge in [0, 0.05) is 16.1 Å². The Morgan fingerprint density at radius 3 is 2.33 bits per heavy atom. The topological polar surface area (TPSA) is 58.2 Å². The molecule has 0 aliphatic rings. The number of rotatable bonds is 6. The van der Waals surface area contributed by atoms with Crippen LogP contribution >= 0.6 is 23.4 Å². The summed E-state index contributed by atoms with van der Waals surface area (Å²) < 4.78 is 51.8. The second-order valence-electron chi connectivity index (χ2n) is 6.93. The first kappa shape index (κ1) is 24.6. The molecule has 1 atom stereocenters. The maximum Gasteiger partial charge on any atom is 0.416 e. The van der Waals surface area contributed by atoms with Crippen molar-refractivity contribution in [1.82, 2.24) is 0 Å². The number of halogens is 5. The molecule has 3 aromatic carbocycles. The molecule has 0 saturated carbocycles. The van der Waals surface area contributed by atoms with Crippen LogP contribution in [0.4, 0.5) is 28.9 Å². The van der Waals surface area contributed by atoms with Gasteiger partial charge in [0.25, 0.3) is 5.91 Å². The molecule has 0 aliphatic carbocycles. The van der Waals surface area contributed by atoms with Crippen LogP contribution in [0, 0.1) is 5.82 Å². The molecule has 0 saturated heterocycles. The van der Waals surface area contributed by atoms with Crippen molar-refractivity contribution in [3.8, 4) is 0 Å². The number of hydrogen-bond donors (Lipinski definition) is 2. The molecule has 33 heavy (non-hydrogen) atoms. The zero-order valence-electron chi connectivity index (χ0n) is 17.0. The van der Waals surface area contributed by atoms with E-state index in [0.29, 0.717) is 10.6 Å². The lowest BCUT2D eigenvalue weighted by atomic mass is 10.2. The predicted molar refractivity (Wildman–Crippen MR) is 121 cm³/mol. The third-order valence-corrected chi connectivity index (χ3v) is 5.86. The number of anilines is 2. The van der Waals surface area contributed by atoms with Gasteiger partial charge in [0.2, 0.25) is 5.91 Å². The highest BCUT2D eigenvalue weighted by Crippen LogP contribution is 2.34. The van der Waals surface area contributed by atoms with E-state index in [2.05, 4.69) is 10.6 Å². The standard InChI is InChI=1S/C23H17ClF4N2O2S/c1-13(21(31)30-20-11-15(23(26,27)28)7-10-19(20)24)33-18-4-2-3-17(12-18)29-22(32)14-5-8-16(25)9-6-14/h2-13H,1H3,(H,29,32)(H,30,31). The van der Waals surface area contributed by atoms with E-state index in [4.69, 9.17) is 11.6 Å². The molecule has 172 valence electrons. The van der Waals surface area contributed by atoms with Gasteiger partial charge in [-0.2, -0.15) is 13.2 Å². The van der Waals surface area contributed by atoms with Crippen molar-refractivity contribution in [2.75, 3.05) is 10.6 Å². The molecule has 0 aliphatic heterocycles. The lowest BCUT2D eigenvalue weighted by Crippen LogP contribution is -2.23. The van der Waals surface area contributed by atoms with E-state index in [1.165, 1.54) is 24.3 Å². The summed E-state index contributed by atoms with van der Waals surface area (Å²) in [5.41, 5.74) is -0.320. The molecule has 0 aromatic heterocycles. The van der Waals surface area contributed by atoms with Gasteiger partial charge in [-0.15, -0.1) is 11.8 Å². The quantitative estimate of drug-likeness (QED) is 0.289. The van der Waals surface area contributed by atoms with Gasteiger partial charge >= 0.3 is 6.18 Å². The van der Waals surface area contributed by atoms with Crippen molar-refractivity contribution in [2.24, 2.45) is 0 Å². The SMILES string of the molecule is CC(Sc1cccc(NC(=O)c2ccc(F)cc2)c1)C(=O)Nc1cc(C(F)(F)F)ccc1Cl. The monoisotopic (exact) mass is 496 g/mol. The number of carbonyl (C=O) groups excluding carboxylic acids is 2. The van der Waals surface area contributed by atoms with Gasteiger partial charge in [-0.3, -0.25) is 9.59 Å². The van der Waals surface area contributed by atoms with E-state index < -0.39 is 34.6 Å². The maximum absolute atomic E-state index is 13.0. The Labute approximate surface area is 196 Å². The lowest BCUT2D eigenvalue weighted by molar-refractivity contribution is -0.137. The Kier molecular flexibility index (Phi) is 7.65. The zero-order valence-corrected chi connectivity index (χ0v) is 18.6. The largest absolute Gasteiger partial charge is 0.416 e. The zero-order chi connectivity index (χ0) is 24.2. The molecule has 2 amide bonds. The van der Waals surface area contributed by atoms with Gasteiger partial charge in [0.15, 0.2) is 0 Å². The van der Waals surface area contributed by atoms with Crippen LogP contribution < -0.4 is 10.6 Å². The second-order valence-corrected chi connectivity index (χ2v) is 8.75. The van der Waals surface area contributed by atoms with Gasteiger partial charge in [-0.1, -0.05) is 17.7 Å². The van der Waals surface area contributed by atoms with E-state index in [1.54, 1.807) is 31.2 Å². The number of alkyl halides is 3. The van der Waals surface area contributed by atoms with Crippen molar-refractivity contribution in [3.63, 3.8) is 0 Å². The van der Waals surface area contributed by atoms with Crippen molar-refractivity contribution in [1.29, 1.82) is 0 Å². The molecule has 2 N–H and O–H groups in total. The van der Waals surface area contributed by atoms with E-state index >= 15 is 0 Å². The summed E-state index contributed by atoms with van der Waals surface area (Å²) in [6.45, 7) is 1.59. The van der Waals surface area contributed by atoms with Gasteiger partial charge in [0.1, 0.15) is 5.82 Å². The fourth-order valence-electron chi connectivity index (χ4n) is 2.74. The Morgan fingerprint density at radius 1 is 0.970 bits per heavy atom. The first-order valence-electron chi connectivity index (χ1n) is 9.54. The third-order valence-electron chi connectivity index (χ3n) is 4.43. The molecule has 3 rings (SSSR count). The molecule has 3 aromatic rings. The minimum absolute atomic E-state index is 0.0148. The number of amides is 2. The highest BCUT2D eigenvalue weighted by atomic mass is 35.5.